The molecular formula is C17H19BrN2O. The van der Waals surface area contributed by atoms with Crippen molar-refractivity contribution in [1.29, 1.82) is 0 Å². The van der Waals surface area contributed by atoms with Gasteiger partial charge in [0.25, 0.3) is 0 Å². The Kier molecular flexibility index (Phi) is 5.02. The SMILES string of the molecule is Cc1cccc(NC(C)C(=O)Nc2ccc(C)cc2Br)c1. The van der Waals surface area contributed by atoms with Gasteiger partial charge in [0, 0.05) is 10.2 Å². The summed E-state index contributed by atoms with van der Waals surface area (Å²) in [5, 5.41) is 6.13. The van der Waals surface area contributed by atoms with Crippen LogP contribution in [0.3, 0.4) is 0 Å². The van der Waals surface area contributed by atoms with Gasteiger partial charge in [0.2, 0.25) is 5.91 Å². The number of nitrogens with one attached hydrogen (secondary N) is 2. The number of carbonyl (C=O) groups is 1. The standard InChI is InChI=1S/C17H19BrN2O/c1-11-5-4-6-14(9-11)19-13(3)17(21)20-16-8-7-12(2)10-15(16)18/h4-10,13,19H,1-3H3,(H,20,21). The van der Waals surface area contributed by atoms with E-state index < -0.39 is 0 Å². The molecule has 110 valence electrons. The van der Waals surface area contributed by atoms with Gasteiger partial charge in [-0.15, -0.1) is 0 Å². The second-order valence-electron chi connectivity index (χ2n) is 5.21. The van der Waals surface area contributed by atoms with Gasteiger partial charge in [-0.25, -0.2) is 0 Å². The highest BCUT2D eigenvalue weighted by molar-refractivity contribution is 9.10. The van der Waals surface area contributed by atoms with Crippen LogP contribution in [0.1, 0.15) is 18.1 Å². The average molecular weight is 347 g/mol. The van der Waals surface area contributed by atoms with Gasteiger partial charge in [-0.3, -0.25) is 4.79 Å². The zero-order chi connectivity index (χ0) is 15.4. The predicted octanol–water partition coefficient (Wildman–Crippen LogP) is 4.51. The molecule has 0 spiro atoms. The summed E-state index contributed by atoms with van der Waals surface area (Å²) in [6, 6.07) is 13.5. The molecule has 4 heteroatoms. The molecule has 0 aliphatic rings. The van der Waals surface area contributed by atoms with Crippen molar-refractivity contribution in [2.75, 3.05) is 10.6 Å². The van der Waals surface area contributed by atoms with Crippen molar-refractivity contribution in [3.63, 3.8) is 0 Å². The summed E-state index contributed by atoms with van der Waals surface area (Å²) in [4.78, 5) is 12.2. The monoisotopic (exact) mass is 346 g/mol. The highest BCUT2D eigenvalue weighted by Gasteiger charge is 2.14. The number of anilines is 2. The smallest absolute Gasteiger partial charge is 0.246 e. The van der Waals surface area contributed by atoms with Crippen LogP contribution in [0.5, 0.6) is 0 Å². The van der Waals surface area contributed by atoms with Gasteiger partial charge in [0.05, 0.1) is 5.69 Å². The molecule has 1 amide bonds. The van der Waals surface area contributed by atoms with Gasteiger partial charge < -0.3 is 10.6 Å². The van der Waals surface area contributed by atoms with Crippen molar-refractivity contribution < 1.29 is 4.79 Å². The molecule has 2 aromatic rings. The van der Waals surface area contributed by atoms with Crippen LogP contribution in [0.2, 0.25) is 0 Å². The molecule has 0 saturated heterocycles. The van der Waals surface area contributed by atoms with Crippen molar-refractivity contribution in [2.24, 2.45) is 0 Å². The maximum atomic E-state index is 12.2. The van der Waals surface area contributed by atoms with Crippen LogP contribution in [0.25, 0.3) is 0 Å². The van der Waals surface area contributed by atoms with Crippen LogP contribution < -0.4 is 10.6 Å². The lowest BCUT2D eigenvalue weighted by Crippen LogP contribution is -2.32. The maximum absolute atomic E-state index is 12.2. The van der Waals surface area contributed by atoms with Crippen LogP contribution in [-0.2, 0) is 4.79 Å². The number of aryl methyl sites for hydroxylation is 2. The van der Waals surface area contributed by atoms with E-state index >= 15 is 0 Å². The van der Waals surface area contributed by atoms with E-state index in [0.717, 1.165) is 27.0 Å². The van der Waals surface area contributed by atoms with E-state index in [1.807, 2.05) is 63.2 Å². The Labute approximate surface area is 133 Å². The topological polar surface area (TPSA) is 41.1 Å². The summed E-state index contributed by atoms with van der Waals surface area (Å²) >= 11 is 3.47. The summed E-state index contributed by atoms with van der Waals surface area (Å²) in [7, 11) is 0. The molecule has 2 aromatic carbocycles. The Morgan fingerprint density at radius 1 is 1.10 bits per heavy atom. The van der Waals surface area contributed by atoms with Crippen molar-refractivity contribution in [3.05, 3.63) is 58.1 Å². The van der Waals surface area contributed by atoms with Crippen LogP contribution in [0.4, 0.5) is 11.4 Å². The number of halogens is 1. The molecule has 0 heterocycles. The van der Waals surface area contributed by atoms with Crippen LogP contribution in [0, 0.1) is 13.8 Å². The van der Waals surface area contributed by atoms with E-state index in [2.05, 4.69) is 26.6 Å². The molecule has 1 atom stereocenters. The average Bonchev–Trinajstić information content (AvgIpc) is 2.41. The minimum Gasteiger partial charge on any atom is -0.374 e. The number of benzene rings is 2. The normalized spacial score (nSPS) is 11.8. The number of hydrogen-bond donors (Lipinski definition) is 2. The fourth-order valence-electron chi connectivity index (χ4n) is 2.01. The lowest BCUT2D eigenvalue weighted by atomic mass is 10.2. The summed E-state index contributed by atoms with van der Waals surface area (Å²) < 4.78 is 0.888. The predicted molar refractivity (Wildman–Crippen MR) is 91.8 cm³/mol. The van der Waals surface area contributed by atoms with Gasteiger partial charge in [-0.2, -0.15) is 0 Å². The minimum atomic E-state index is -0.319. The Morgan fingerprint density at radius 2 is 1.81 bits per heavy atom. The number of carbonyl (C=O) groups excluding carboxylic acids is 1. The summed E-state index contributed by atoms with van der Waals surface area (Å²) in [5.74, 6) is -0.0685. The van der Waals surface area contributed by atoms with E-state index in [1.165, 1.54) is 0 Å². The largest absolute Gasteiger partial charge is 0.374 e. The van der Waals surface area contributed by atoms with Crippen LogP contribution >= 0.6 is 15.9 Å². The molecule has 1 unspecified atom stereocenters. The lowest BCUT2D eigenvalue weighted by Gasteiger charge is -2.16. The van der Waals surface area contributed by atoms with Crippen LogP contribution in [0.15, 0.2) is 46.9 Å². The molecule has 2 N–H and O–H groups in total. The van der Waals surface area contributed by atoms with Gasteiger partial charge >= 0.3 is 0 Å². The zero-order valence-corrected chi connectivity index (χ0v) is 14.0. The molecule has 0 radical (unpaired) electrons. The second-order valence-corrected chi connectivity index (χ2v) is 6.06. The molecule has 3 nitrogen and oxygen atoms in total. The third-order valence-electron chi connectivity index (χ3n) is 3.18. The first-order valence-electron chi connectivity index (χ1n) is 6.86. The Hall–Kier alpha value is -1.81. The molecule has 0 aromatic heterocycles. The van der Waals surface area contributed by atoms with E-state index in [9.17, 15) is 4.79 Å². The summed E-state index contributed by atoms with van der Waals surface area (Å²) in [6.07, 6.45) is 0. The molecule has 21 heavy (non-hydrogen) atoms. The summed E-state index contributed by atoms with van der Waals surface area (Å²) in [5.41, 5.74) is 4.03. The first-order valence-corrected chi connectivity index (χ1v) is 7.65. The first kappa shape index (κ1) is 15.6. The van der Waals surface area contributed by atoms with Gasteiger partial charge in [0.1, 0.15) is 6.04 Å². The molecule has 0 aliphatic carbocycles. The quantitative estimate of drug-likeness (QED) is 0.855. The molecule has 0 fully saturated rings. The van der Waals surface area contributed by atoms with Gasteiger partial charge in [-0.1, -0.05) is 18.2 Å². The Morgan fingerprint density at radius 3 is 2.48 bits per heavy atom. The van der Waals surface area contributed by atoms with Crippen molar-refractivity contribution >= 4 is 33.2 Å². The third kappa shape index (κ3) is 4.33. The second kappa shape index (κ2) is 6.76. The number of amides is 1. The third-order valence-corrected chi connectivity index (χ3v) is 3.83. The highest BCUT2D eigenvalue weighted by atomic mass is 79.9. The highest BCUT2D eigenvalue weighted by Crippen LogP contribution is 2.23. The minimum absolute atomic E-state index is 0.0685. The van der Waals surface area contributed by atoms with Gasteiger partial charge in [0.15, 0.2) is 0 Å². The van der Waals surface area contributed by atoms with Crippen molar-refractivity contribution in [3.8, 4) is 0 Å². The molecule has 0 bridgehead atoms. The fourth-order valence-corrected chi connectivity index (χ4v) is 2.61. The molecular weight excluding hydrogens is 328 g/mol. The fraction of sp³-hybridized carbons (Fsp3) is 0.235. The molecule has 0 aliphatic heterocycles. The van der Waals surface area contributed by atoms with Crippen LogP contribution in [-0.4, -0.2) is 11.9 Å². The van der Waals surface area contributed by atoms with E-state index in [4.69, 9.17) is 0 Å². The zero-order valence-electron chi connectivity index (χ0n) is 12.4. The number of hydrogen-bond acceptors (Lipinski definition) is 2. The van der Waals surface area contributed by atoms with E-state index in [0.29, 0.717) is 0 Å². The van der Waals surface area contributed by atoms with E-state index in [1.54, 1.807) is 0 Å². The van der Waals surface area contributed by atoms with Crippen molar-refractivity contribution in [2.45, 2.75) is 26.8 Å². The van der Waals surface area contributed by atoms with E-state index in [-0.39, 0.29) is 11.9 Å². The maximum Gasteiger partial charge on any atom is 0.246 e. The van der Waals surface area contributed by atoms with Gasteiger partial charge in [-0.05, 0) is 72.1 Å². The Balaban J connectivity index is 2.02. The Bertz CT molecular complexity index is 655. The first-order chi connectivity index (χ1) is 9.95. The number of rotatable bonds is 4. The molecule has 2 rings (SSSR count). The van der Waals surface area contributed by atoms with Crippen molar-refractivity contribution in [1.82, 2.24) is 0 Å². The molecule has 0 saturated carbocycles. The summed E-state index contributed by atoms with van der Waals surface area (Å²) in [6.45, 7) is 5.89. The lowest BCUT2D eigenvalue weighted by molar-refractivity contribution is -0.116.